The Morgan fingerprint density at radius 3 is 2.56 bits per heavy atom. The topological polar surface area (TPSA) is 132 Å². The molecule has 0 aliphatic heterocycles. The Morgan fingerprint density at radius 2 is 1.94 bits per heavy atom. The van der Waals surface area contributed by atoms with Crippen LogP contribution in [-0.4, -0.2) is 49.7 Å². The molecule has 1 N–H and O–H groups in total. The number of methoxy groups -OCH3 is 1. The van der Waals surface area contributed by atoms with Gasteiger partial charge in [0.15, 0.2) is 5.13 Å². The van der Waals surface area contributed by atoms with E-state index < -0.39 is 20.9 Å². The Morgan fingerprint density at radius 1 is 1.22 bits per heavy atom. The first kappa shape index (κ1) is 23.3. The SMILES string of the molecule is COc1ccc(C(=O)Nc2nc(-c3ccc(C)c([N+](=O)[O-])c3)cs2)cc1S(=O)(=O)N(C)C. The first-order valence-corrected chi connectivity index (χ1v) is 11.5. The Kier molecular flexibility index (Phi) is 6.57. The van der Waals surface area contributed by atoms with E-state index >= 15 is 0 Å². The zero-order chi connectivity index (χ0) is 23.6. The number of hydrogen-bond acceptors (Lipinski definition) is 8. The molecule has 2 aromatic carbocycles. The molecule has 1 aromatic heterocycles. The van der Waals surface area contributed by atoms with E-state index in [9.17, 15) is 23.3 Å². The second-order valence-corrected chi connectivity index (χ2v) is 9.88. The molecular weight excluding hydrogens is 456 g/mol. The lowest BCUT2D eigenvalue weighted by Gasteiger charge is -2.15. The number of carbonyl (C=O) groups is 1. The normalized spacial score (nSPS) is 11.4. The van der Waals surface area contributed by atoms with Gasteiger partial charge in [-0.2, -0.15) is 0 Å². The summed E-state index contributed by atoms with van der Waals surface area (Å²) < 4.78 is 31.3. The fraction of sp³-hybridized carbons (Fsp3) is 0.200. The fourth-order valence-corrected chi connectivity index (χ4v) is 4.60. The number of anilines is 1. The molecule has 10 nitrogen and oxygen atoms in total. The van der Waals surface area contributed by atoms with Crippen molar-refractivity contribution in [3.05, 3.63) is 63.0 Å². The monoisotopic (exact) mass is 476 g/mol. The first-order chi connectivity index (χ1) is 15.0. The molecule has 3 aromatic rings. The fourth-order valence-electron chi connectivity index (χ4n) is 2.81. The molecule has 0 radical (unpaired) electrons. The number of aryl methyl sites for hydroxylation is 1. The van der Waals surface area contributed by atoms with E-state index in [0.717, 1.165) is 15.6 Å². The average molecular weight is 477 g/mol. The predicted molar refractivity (Wildman–Crippen MR) is 121 cm³/mol. The summed E-state index contributed by atoms with van der Waals surface area (Å²) in [6, 6.07) is 8.86. The largest absolute Gasteiger partial charge is 0.495 e. The lowest BCUT2D eigenvalue weighted by atomic mass is 10.1. The summed E-state index contributed by atoms with van der Waals surface area (Å²) in [5.74, 6) is -0.439. The number of benzene rings is 2. The van der Waals surface area contributed by atoms with E-state index in [1.165, 1.54) is 45.5 Å². The van der Waals surface area contributed by atoms with Crippen LogP contribution < -0.4 is 10.1 Å². The smallest absolute Gasteiger partial charge is 0.272 e. The van der Waals surface area contributed by atoms with Crippen molar-refractivity contribution in [2.75, 3.05) is 26.5 Å². The van der Waals surface area contributed by atoms with E-state index in [-0.39, 0.29) is 27.0 Å². The summed E-state index contributed by atoms with van der Waals surface area (Å²) in [6.45, 7) is 1.65. The van der Waals surface area contributed by atoms with Crippen LogP contribution in [0, 0.1) is 17.0 Å². The number of amides is 1. The number of nitrogens with zero attached hydrogens (tertiary/aromatic N) is 3. The molecule has 1 amide bonds. The number of nitrogens with one attached hydrogen (secondary N) is 1. The number of ether oxygens (including phenoxy) is 1. The van der Waals surface area contributed by atoms with Crippen LogP contribution >= 0.6 is 11.3 Å². The van der Waals surface area contributed by atoms with Gasteiger partial charge in [-0.05, 0) is 25.1 Å². The van der Waals surface area contributed by atoms with Crippen LogP contribution in [0.15, 0.2) is 46.7 Å². The molecule has 0 bridgehead atoms. The predicted octanol–water partition coefficient (Wildman–Crippen LogP) is 3.54. The molecular formula is C20H20N4O6S2. The van der Waals surface area contributed by atoms with Gasteiger partial charge in [0.05, 0.1) is 17.7 Å². The molecule has 12 heteroatoms. The van der Waals surface area contributed by atoms with Gasteiger partial charge in [-0.1, -0.05) is 12.1 Å². The highest BCUT2D eigenvalue weighted by Gasteiger charge is 2.24. The number of thiazole rings is 1. The Balaban J connectivity index is 1.87. The highest BCUT2D eigenvalue weighted by molar-refractivity contribution is 7.89. The van der Waals surface area contributed by atoms with Gasteiger partial charge in [0.2, 0.25) is 10.0 Å². The van der Waals surface area contributed by atoms with E-state index in [1.807, 2.05) is 0 Å². The molecule has 0 unspecified atom stereocenters. The van der Waals surface area contributed by atoms with Crippen molar-refractivity contribution < 1.29 is 22.9 Å². The number of nitro benzene ring substituents is 1. The molecule has 3 rings (SSSR count). The number of nitro groups is 1. The van der Waals surface area contributed by atoms with Crippen molar-refractivity contribution in [3.8, 4) is 17.0 Å². The first-order valence-electron chi connectivity index (χ1n) is 9.17. The number of sulfonamides is 1. The minimum Gasteiger partial charge on any atom is -0.495 e. The maximum atomic E-state index is 12.7. The van der Waals surface area contributed by atoms with Crippen molar-refractivity contribution in [1.29, 1.82) is 0 Å². The van der Waals surface area contributed by atoms with Gasteiger partial charge in [-0.15, -0.1) is 11.3 Å². The van der Waals surface area contributed by atoms with E-state index in [4.69, 9.17) is 4.74 Å². The van der Waals surface area contributed by atoms with Crippen molar-refractivity contribution in [3.63, 3.8) is 0 Å². The Hall–Kier alpha value is -3.35. The van der Waals surface area contributed by atoms with E-state index in [2.05, 4.69) is 10.3 Å². The van der Waals surface area contributed by atoms with Crippen molar-refractivity contribution in [2.45, 2.75) is 11.8 Å². The molecule has 0 saturated heterocycles. The van der Waals surface area contributed by atoms with E-state index in [1.54, 1.807) is 24.4 Å². The second-order valence-electron chi connectivity index (χ2n) is 6.90. The van der Waals surface area contributed by atoms with Gasteiger partial charge in [-0.3, -0.25) is 20.2 Å². The third-order valence-electron chi connectivity index (χ3n) is 4.61. The summed E-state index contributed by atoms with van der Waals surface area (Å²) in [5, 5.41) is 15.7. The summed E-state index contributed by atoms with van der Waals surface area (Å²) >= 11 is 1.14. The van der Waals surface area contributed by atoms with Crippen molar-refractivity contribution in [2.24, 2.45) is 0 Å². The average Bonchev–Trinajstić information content (AvgIpc) is 3.21. The van der Waals surface area contributed by atoms with Crippen LogP contribution in [0.3, 0.4) is 0 Å². The molecule has 1 heterocycles. The van der Waals surface area contributed by atoms with Gasteiger partial charge in [0, 0.05) is 42.2 Å². The van der Waals surface area contributed by atoms with Crippen LogP contribution in [0.2, 0.25) is 0 Å². The molecule has 0 atom stereocenters. The number of rotatable bonds is 7. The van der Waals surface area contributed by atoms with Crippen molar-refractivity contribution >= 4 is 38.1 Å². The maximum Gasteiger partial charge on any atom is 0.272 e. The molecule has 0 aliphatic carbocycles. The highest BCUT2D eigenvalue weighted by Crippen LogP contribution is 2.30. The number of carbonyl (C=O) groups excluding carboxylic acids is 1. The minimum atomic E-state index is -3.83. The second kappa shape index (κ2) is 9.02. The molecule has 0 spiro atoms. The van der Waals surface area contributed by atoms with Gasteiger partial charge in [0.1, 0.15) is 10.6 Å². The van der Waals surface area contributed by atoms with Crippen LogP contribution in [0.5, 0.6) is 5.75 Å². The van der Waals surface area contributed by atoms with Gasteiger partial charge < -0.3 is 4.74 Å². The molecule has 0 saturated carbocycles. The quantitative estimate of drug-likeness (QED) is 0.407. The molecule has 168 valence electrons. The Labute approximate surface area is 188 Å². The van der Waals surface area contributed by atoms with Gasteiger partial charge in [-0.25, -0.2) is 17.7 Å². The van der Waals surface area contributed by atoms with Crippen LogP contribution in [0.1, 0.15) is 15.9 Å². The molecule has 32 heavy (non-hydrogen) atoms. The minimum absolute atomic E-state index is 0.0195. The van der Waals surface area contributed by atoms with Gasteiger partial charge in [0.25, 0.3) is 11.6 Å². The molecule has 0 aliphatic rings. The van der Waals surface area contributed by atoms with Crippen molar-refractivity contribution in [1.82, 2.24) is 9.29 Å². The standard InChI is InChI=1S/C20H20N4O6S2/c1-12-5-6-13(9-16(12)24(26)27)15-11-31-20(21-15)22-19(25)14-7-8-17(30-4)18(10-14)32(28,29)23(2)3/h5-11H,1-4H3,(H,21,22,25). The zero-order valence-electron chi connectivity index (χ0n) is 17.6. The van der Waals surface area contributed by atoms with Crippen LogP contribution in [0.4, 0.5) is 10.8 Å². The molecule has 0 fully saturated rings. The summed E-state index contributed by atoms with van der Waals surface area (Å²) in [7, 11) is 0.275. The van der Waals surface area contributed by atoms with Crippen LogP contribution in [-0.2, 0) is 10.0 Å². The number of hydrogen-bond donors (Lipinski definition) is 1. The number of aromatic nitrogens is 1. The lowest BCUT2D eigenvalue weighted by molar-refractivity contribution is -0.385. The summed E-state index contributed by atoms with van der Waals surface area (Å²) in [5.41, 5.74) is 1.63. The summed E-state index contributed by atoms with van der Waals surface area (Å²) in [4.78, 5) is 27.6. The highest BCUT2D eigenvalue weighted by atomic mass is 32.2. The third kappa shape index (κ3) is 4.61. The van der Waals surface area contributed by atoms with Crippen LogP contribution in [0.25, 0.3) is 11.3 Å². The zero-order valence-corrected chi connectivity index (χ0v) is 19.3. The lowest BCUT2D eigenvalue weighted by Crippen LogP contribution is -2.23. The Bertz CT molecular complexity index is 1300. The van der Waals surface area contributed by atoms with E-state index in [0.29, 0.717) is 16.8 Å². The summed E-state index contributed by atoms with van der Waals surface area (Å²) in [6.07, 6.45) is 0. The van der Waals surface area contributed by atoms with Gasteiger partial charge >= 0.3 is 0 Å². The maximum absolute atomic E-state index is 12.7. The third-order valence-corrected chi connectivity index (χ3v) is 7.20.